The van der Waals surface area contributed by atoms with Crippen molar-refractivity contribution in [3.8, 4) is 5.75 Å². The van der Waals surface area contributed by atoms with Crippen molar-refractivity contribution >= 4 is 52.0 Å². The molecule has 0 bridgehead atoms. The fraction of sp³-hybridized carbons (Fsp3) is 0.192. The Labute approximate surface area is 210 Å². The predicted molar refractivity (Wildman–Crippen MR) is 144 cm³/mol. The summed E-state index contributed by atoms with van der Waals surface area (Å²) in [6.07, 6.45) is 0. The third kappa shape index (κ3) is 6.34. The largest absolute Gasteiger partial charge is 0.494 e. The van der Waals surface area contributed by atoms with Crippen molar-refractivity contribution in [1.29, 1.82) is 5.41 Å². The SMILES string of the molecule is COc1cc(NC(=S)NC(=N)c2ccc(C(C)(C)C)cc2)ccc1NC(=O)c1ccccc1Cl. The number of benzene rings is 3. The van der Waals surface area contributed by atoms with Crippen LogP contribution in [0.4, 0.5) is 11.4 Å². The van der Waals surface area contributed by atoms with Crippen LogP contribution in [-0.2, 0) is 5.41 Å². The molecule has 3 aromatic rings. The quantitative estimate of drug-likeness (QED) is 0.192. The molecule has 0 unspecified atom stereocenters. The zero-order valence-corrected chi connectivity index (χ0v) is 21.0. The van der Waals surface area contributed by atoms with Gasteiger partial charge in [0.15, 0.2) is 5.11 Å². The van der Waals surface area contributed by atoms with Crippen LogP contribution in [0.25, 0.3) is 0 Å². The third-order valence-electron chi connectivity index (χ3n) is 5.10. The molecule has 0 spiro atoms. The van der Waals surface area contributed by atoms with Crippen LogP contribution < -0.4 is 20.7 Å². The van der Waals surface area contributed by atoms with E-state index in [1.165, 1.54) is 12.7 Å². The smallest absolute Gasteiger partial charge is 0.257 e. The molecule has 3 aromatic carbocycles. The molecule has 176 valence electrons. The number of methoxy groups -OCH3 is 1. The maximum atomic E-state index is 12.6. The fourth-order valence-corrected chi connectivity index (χ4v) is 3.63. The zero-order chi connectivity index (χ0) is 24.9. The number of hydrogen-bond acceptors (Lipinski definition) is 4. The summed E-state index contributed by atoms with van der Waals surface area (Å²) in [5, 5.41) is 17.7. The first-order valence-electron chi connectivity index (χ1n) is 10.6. The number of ether oxygens (including phenoxy) is 1. The second-order valence-corrected chi connectivity index (χ2v) is 9.45. The van der Waals surface area contributed by atoms with Crippen molar-refractivity contribution in [2.24, 2.45) is 0 Å². The molecule has 0 atom stereocenters. The second-order valence-electron chi connectivity index (χ2n) is 8.63. The van der Waals surface area contributed by atoms with Gasteiger partial charge >= 0.3 is 0 Å². The molecule has 0 aromatic heterocycles. The molecule has 8 heteroatoms. The van der Waals surface area contributed by atoms with Gasteiger partial charge in [0, 0.05) is 17.3 Å². The lowest BCUT2D eigenvalue weighted by Crippen LogP contribution is -2.34. The summed E-state index contributed by atoms with van der Waals surface area (Å²) < 4.78 is 5.43. The first-order valence-corrected chi connectivity index (χ1v) is 11.4. The van der Waals surface area contributed by atoms with Crippen molar-refractivity contribution in [1.82, 2.24) is 5.32 Å². The minimum Gasteiger partial charge on any atom is -0.494 e. The highest BCUT2D eigenvalue weighted by Crippen LogP contribution is 2.29. The number of hydrogen-bond donors (Lipinski definition) is 4. The number of carbonyl (C=O) groups is 1. The summed E-state index contributed by atoms with van der Waals surface area (Å²) in [5.74, 6) is 0.294. The van der Waals surface area contributed by atoms with Gasteiger partial charge in [0.2, 0.25) is 0 Å². The van der Waals surface area contributed by atoms with Gasteiger partial charge in [-0.1, -0.05) is 68.8 Å². The van der Waals surface area contributed by atoms with Crippen LogP contribution in [0.2, 0.25) is 5.02 Å². The van der Waals surface area contributed by atoms with Crippen molar-refractivity contribution in [3.63, 3.8) is 0 Å². The van der Waals surface area contributed by atoms with E-state index >= 15 is 0 Å². The topological polar surface area (TPSA) is 86.2 Å². The van der Waals surface area contributed by atoms with E-state index < -0.39 is 0 Å². The van der Waals surface area contributed by atoms with Gasteiger partial charge < -0.3 is 20.7 Å². The van der Waals surface area contributed by atoms with Gasteiger partial charge in [-0.15, -0.1) is 0 Å². The number of amides is 1. The summed E-state index contributed by atoms with van der Waals surface area (Å²) in [6, 6.07) is 19.8. The molecule has 1 amide bonds. The van der Waals surface area contributed by atoms with E-state index in [9.17, 15) is 4.79 Å². The Morgan fingerprint density at radius 1 is 1.00 bits per heavy atom. The first kappa shape index (κ1) is 25.2. The number of carbonyl (C=O) groups excluding carboxylic acids is 1. The van der Waals surface area contributed by atoms with Crippen molar-refractivity contribution in [2.45, 2.75) is 26.2 Å². The van der Waals surface area contributed by atoms with Gasteiger partial charge in [-0.05, 0) is 47.5 Å². The highest BCUT2D eigenvalue weighted by molar-refractivity contribution is 7.80. The lowest BCUT2D eigenvalue weighted by atomic mass is 9.86. The van der Waals surface area contributed by atoms with E-state index in [2.05, 4.69) is 36.7 Å². The van der Waals surface area contributed by atoms with Crippen molar-refractivity contribution in [3.05, 3.63) is 88.4 Å². The van der Waals surface area contributed by atoms with Gasteiger partial charge in [-0.2, -0.15) is 0 Å². The van der Waals surface area contributed by atoms with Crippen LogP contribution in [0.3, 0.4) is 0 Å². The van der Waals surface area contributed by atoms with Crippen molar-refractivity contribution in [2.75, 3.05) is 17.7 Å². The van der Waals surface area contributed by atoms with E-state index in [4.69, 9.17) is 34.0 Å². The molecule has 34 heavy (non-hydrogen) atoms. The van der Waals surface area contributed by atoms with Crippen LogP contribution >= 0.6 is 23.8 Å². The van der Waals surface area contributed by atoms with E-state index in [-0.39, 0.29) is 22.3 Å². The van der Waals surface area contributed by atoms with Crippen LogP contribution in [-0.4, -0.2) is 24.0 Å². The third-order valence-corrected chi connectivity index (χ3v) is 5.64. The summed E-state index contributed by atoms with van der Waals surface area (Å²) in [6.45, 7) is 6.44. The zero-order valence-electron chi connectivity index (χ0n) is 19.5. The number of rotatable bonds is 5. The minimum atomic E-state index is -0.340. The summed E-state index contributed by atoms with van der Waals surface area (Å²) in [5.41, 5.74) is 3.46. The van der Waals surface area contributed by atoms with E-state index in [0.29, 0.717) is 27.7 Å². The average Bonchev–Trinajstić information content (AvgIpc) is 2.79. The standard InChI is InChI=1S/C26H27ClN4O2S/c1-26(2,3)17-11-9-16(10-12-17)23(28)31-25(34)29-18-13-14-21(22(15-18)33-4)30-24(32)19-7-5-6-8-20(19)27/h5-15H,1-4H3,(H,30,32)(H3,28,29,31,34). The highest BCUT2D eigenvalue weighted by atomic mass is 35.5. The highest BCUT2D eigenvalue weighted by Gasteiger charge is 2.15. The number of anilines is 2. The lowest BCUT2D eigenvalue weighted by Gasteiger charge is -2.19. The van der Waals surface area contributed by atoms with E-state index in [1.807, 2.05) is 24.3 Å². The number of amidine groups is 1. The molecule has 0 aliphatic carbocycles. The Bertz CT molecular complexity index is 1220. The molecule has 0 aliphatic heterocycles. The molecule has 0 saturated carbocycles. The first-order chi connectivity index (χ1) is 16.1. The van der Waals surface area contributed by atoms with Crippen LogP contribution in [0.15, 0.2) is 66.7 Å². The molecule has 6 nitrogen and oxygen atoms in total. The van der Waals surface area contributed by atoms with Gasteiger partial charge in [0.25, 0.3) is 5.91 Å². The Hall–Kier alpha value is -3.42. The maximum absolute atomic E-state index is 12.6. The molecular weight excluding hydrogens is 468 g/mol. The minimum absolute atomic E-state index is 0.0447. The molecule has 0 aliphatic rings. The number of nitrogens with one attached hydrogen (secondary N) is 4. The van der Waals surface area contributed by atoms with Crippen LogP contribution in [0.5, 0.6) is 5.75 Å². The second kappa shape index (κ2) is 10.7. The van der Waals surface area contributed by atoms with E-state index in [0.717, 1.165) is 5.56 Å². The Balaban J connectivity index is 1.65. The maximum Gasteiger partial charge on any atom is 0.257 e. The molecule has 0 radical (unpaired) electrons. The molecule has 4 N–H and O–H groups in total. The summed E-state index contributed by atoms with van der Waals surface area (Å²) >= 11 is 11.5. The monoisotopic (exact) mass is 494 g/mol. The summed E-state index contributed by atoms with van der Waals surface area (Å²) in [7, 11) is 1.51. The Kier molecular flexibility index (Phi) is 7.91. The van der Waals surface area contributed by atoms with Crippen LogP contribution in [0.1, 0.15) is 42.3 Å². The van der Waals surface area contributed by atoms with Gasteiger partial charge in [-0.3, -0.25) is 10.2 Å². The Morgan fingerprint density at radius 2 is 1.68 bits per heavy atom. The van der Waals surface area contributed by atoms with Gasteiger partial charge in [0.05, 0.1) is 23.4 Å². The summed E-state index contributed by atoms with van der Waals surface area (Å²) in [4.78, 5) is 12.6. The molecule has 0 saturated heterocycles. The molecule has 0 fully saturated rings. The normalized spacial score (nSPS) is 10.9. The predicted octanol–water partition coefficient (Wildman–Crippen LogP) is 6.21. The average molecular weight is 495 g/mol. The number of halogens is 1. The van der Waals surface area contributed by atoms with Gasteiger partial charge in [0.1, 0.15) is 11.6 Å². The fourth-order valence-electron chi connectivity index (χ4n) is 3.19. The van der Waals surface area contributed by atoms with Gasteiger partial charge in [-0.25, -0.2) is 0 Å². The van der Waals surface area contributed by atoms with E-state index in [1.54, 1.807) is 42.5 Å². The molecular formula is C26H27ClN4O2S. The molecule has 3 rings (SSSR count). The lowest BCUT2D eigenvalue weighted by molar-refractivity contribution is 0.102. The van der Waals surface area contributed by atoms with Crippen molar-refractivity contribution < 1.29 is 9.53 Å². The number of thiocarbonyl (C=S) groups is 1. The Morgan fingerprint density at radius 3 is 2.29 bits per heavy atom. The molecule has 0 heterocycles. The van der Waals surface area contributed by atoms with Crippen LogP contribution in [0, 0.1) is 5.41 Å².